The number of ether oxygens (including phenoxy) is 3. The van der Waals surface area contributed by atoms with E-state index in [0.29, 0.717) is 17.7 Å². The van der Waals surface area contributed by atoms with Gasteiger partial charge in [-0.25, -0.2) is 4.39 Å². The van der Waals surface area contributed by atoms with Crippen LogP contribution >= 0.6 is 15.9 Å². The largest absolute Gasteiger partial charge is 0.454 e. The number of rotatable bonds is 4. The monoisotopic (exact) mass is 338 g/mol. The van der Waals surface area contributed by atoms with E-state index in [1.54, 1.807) is 6.07 Å². The maximum absolute atomic E-state index is 13.3. The Morgan fingerprint density at radius 3 is 2.85 bits per heavy atom. The van der Waals surface area contributed by atoms with E-state index in [4.69, 9.17) is 14.2 Å². The molecule has 0 bridgehead atoms. The third-order valence-electron chi connectivity index (χ3n) is 2.99. The Morgan fingerprint density at radius 1 is 1.10 bits per heavy atom. The Labute approximate surface area is 124 Å². The van der Waals surface area contributed by atoms with Gasteiger partial charge in [0, 0.05) is 0 Å². The Bertz CT molecular complexity index is 631. The summed E-state index contributed by atoms with van der Waals surface area (Å²) in [7, 11) is 0. The van der Waals surface area contributed by atoms with Crippen LogP contribution in [0.4, 0.5) is 4.39 Å². The molecule has 0 amide bonds. The van der Waals surface area contributed by atoms with E-state index in [1.807, 2.05) is 24.3 Å². The second kappa shape index (κ2) is 5.81. The van der Waals surface area contributed by atoms with Crippen LogP contribution in [0.1, 0.15) is 11.1 Å². The lowest BCUT2D eigenvalue weighted by molar-refractivity contribution is 0.106. The first-order valence-corrected chi connectivity index (χ1v) is 6.92. The molecular weight excluding hydrogens is 327 g/mol. The molecule has 0 saturated heterocycles. The number of hydrogen-bond donors (Lipinski definition) is 0. The number of halogens is 2. The molecule has 0 saturated carbocycles. The van der Waals surface area contributed by atoms with Crippen LogP contribution in [-0.2, 0) is 18.0 Å². The Hall–Kier alpha value is -1.59. The van der Waals surface area contributed by atoms with Gasteiger partial charge in [0.25, 0.3) is 0 Å². The van der Waals surface area contributed by atoms with Crippen molar-refractivity contribution in [1.29, 1.82) is 0 Å². The van der Waals surface area contributed by atoms with Crippen LogP contribution in [0.15, 0.2) is 40.9 Å². The minimum Gasteiger partial charge on any atom is -0.454 e. The third kappa shape index (κ3) is 2.78. The van der Waals surface area contributed by atoms with Crippen LogP contribution in [0.2, 0.25) is 0 Å². The number of benzene rings is 2. The van der Waals surface area contributed by atoms with Crippen molar-refractivity contribution in [2.24, 2.45) is 0 Å². The first-order valence-electron chi connectivity index (χ1n) is 6.13. The maximum Gasteiger partial charge on any atom is 0.231 e. The molecule has 5 heteroatoms. The van der Waals surface area contributed by atoms with E-state index in [9.17, 15) is 4.39 Å². The van der Waals surface area contributed by atoms with Crippen molar-refractivity contribution in [2.45, 2.75) is 13.2 Å². The third-order valence-corrected chi connectivity index (χ3v) is 3.88. The topological polar surface area (TPSA) is 27.7 Å². The predicted molar refractivity (Wildman–Crippen MR) is 75.2 cm³/mol. The van der Waals surface area contributed by atoms with E-state index in [0.717, 1.165) is 22.6 Å². The minimum atomic E-state index is -0.283. The van der Waals surface area contributed by atoms with Gasteiger partial charge in [-0.15, -0.1) is 0 Å². The highest BCUT2D eigenvalue weighted by Crippen LogP contribution is 2.32. The molecule has 0 radical (unpaired) electrons. The summed E-state index contributed by atoms with van der Waals surface area (Å²) in [5, 5.41) is 0. The van der Waals surface area contributed by atoms with E-state index in [1.165, 1.54) is 6.07 Å². The number of hydrogen-bond acceptors (Lipinski definition) is 3. The zero-order valence-corrected chi connectivity index (χ0v) is 12.2. The molecule has 2 aromatic carbocycles. The van der Waals surface area contributed by atoms with Gasteiger partial charge in [-0.1, -0.05) is 18.2 Å². The molecular formula is C15H12BrFO3. The first-order chi connectivity index (χ1) is 9.74. The van der Waals surface area contributed by atoms with E-state index >= 15 is 0 Å². The fourth-order valence-corrected chi connectivity index (χ4v) is 2.35. The average Bonchev–Trinajstić information content (AvgIpc) is 2.91. The van der Waals surface area contributed by atoms with Gasteiger partial charge in [0.15, 0.2) is 11.5 Å². The summed E-state index contributed by atoms with van der Waals surface area (Å²) in [6, 6.07) is 10.6. The van der Waals surface area contributed by atoms with Crippen molar-refractivity contribution in [3.8, 4) is 11.5 Å². The lowest BCUT2D eigenvalue weighted by Crippen LogP contribution is -1.96. The summed E-state index contributed by atoms with van der Waals surface area (Å²) in [6.45, 7) is 1.03. The molecule has 0 fully saturated rings. The van der Waals surface area contributed by atoms with Crippen LogP contribution in [0.25, 0.3) is 0 Å². The van der Waals surface area contributed by atoms with Crippen LogP contribution in [0.3, 0.4) is 0 Å². The summed E-state index contributed by atoms with van der Waals surface area (Å²) in [5.41, 5.74) is 1.77. The molecule has 104 valence electrons. The summed E-state index contributed by atoms with van der Waals surface area (Å²) in [6.07, 6.45) is 0. The fourth-order valence-electron chi connectivity index (χ4n) is 1.97. The van der Waals surface area contributed by atoms with Gasteiger partial charge in [0.05, 0.1) is 17.7 Å². The summed E-state index contributed by atoms with van der Waals surface area (Å²) < 4.78 is 30.0. The Morgan fingerprint density at radius 2 is 1.95 bits per heavy atom. The standard InChI is InChI=1S/C15H12BrFO3/c16-15-11(2-1-3-12(15)17)8-18-7-10-4-5-13-14(6-10)20-9-19-13/h1-6H,7-9H2. The van der Waals surface area contributed by atoms with Gasteiger partial charge in [-0.2, -0.15) is 0 Å². The van der Waals surface area contributed by atoms with Crippen molar-refractivity contribution in [3.63, 3.8) is 0 Å². The van der Waals surface area contributed by atoms with Gasteiger partial charge in [0.2, 0.25) is 6.79 Å². The molecule has 0 spiro atoms. The van der Waals surface area contributed by atoms with Crippen molar-refractivity contribution in [3.05, 3.63) is 57.8 Å². The molecule has 0 aromatic heterocycles. The second-order valence-corrected chi connectivity index (χ2v) is 5.19. The Kier molecular flexibility index (Phi) is 3.89. The first kappa shape index (κ1) is 13.4. The summed E-state index contributed by atoms with van der Waals surface area (Å²) >= 11 is 3.22. The number of fused-ring (bicyclic) bond motifs is 1. The van der Waals surface area contributed by atoms with Crippen molar-refractivity contribution in [1.82, 2.24) is 0 Å². The normalized spacial score (nSPS) is 12.7. The van der Waals surface area contributed by atoms with Crippen LogP contribution < -0.4 is 9.47 Å². The van der Waals surface area contributed by atoms with Gasteiger partial charge >= 0.3 is 0 Å². The van der Waals surface area contributed by atoms with E-state index in [-0.39, 0.29) is 12.6 Å². The molecule has 1 aliphatic rings. The van der Waals surface area contributed by atoms with Crippen molar-refractivity contribution < 1.29 is 18.6 Å². The SMILES string of the molecule is Fc1cccc(COCc2ccc3c(c2)OCO3)c1Br. The molecule has 20 heavy (non-hydrogen) atoms. The van der Waals surface area contributed by atoms with Gasteiger partial charge in [0.1, 0.15) is 5.82 Å². The second-order valence-electron chi connectivity index (χ2n) is 4.39. The zero-order valence-electron chi connectivity index (χ0n) is 10.6. The molecule has 0 aliphatic carbocycles. The van der Waals surface area contributed by atoms with E-state index < -0.39 is 0 Å². The van der Waals surface area contributed by atoms with E-state index in [2.05, 4.69) is 15.9 Å². The van der Waals surface area contributed by atoms with Gasteiger partial charge in [-0.05, 0) is 45.3 Å². The predicted octanol–water partition coefficient (Wildman–Crippen LogP) is 4.03. The molecule has 3 rings (SSSR count). The highest BCUT2D eigenvalue weighted by atomic mass is 79.9. The molecule has 0 atom stereocenters. The minimum absolute atomic E-state index is 0.260. The van der Waals surface area contributed by atoms with Crippen molar-refractivity contribution in [2.75, 3.05) is 6.79 Å². The van der Waals surface area contributed by atoms with Gasteiger partial charge in [-0.3, -0.25) is 0 Å². The molecule has 0 N–H and O–H groups in total. The molecule has 1 aliphatic heterocycles. The lowest BCUT2D eigenvalue weighted by Gasteiger charge is -2.07. The molecule has 3 nitrogen and oxygen atoms in total. The Balaban J connectivity index is 1.61. The summed E-state index contributed by atoms with van der Waals surface area (Å²) in [4.78, 5) is 0. The quantitative estimate of drug-likeness (QED) is 0.842. The van der Waals surface area contributed by atoms with Crippen LogP contribution in [-0.4, -0.2) is 6.79 Å². The molecule has 1 heterocycles. The van der Waals surface area contributed by atoms with Crippen molar-refractivity contribution >= 4 is 15.9 Å². The summed E-state index contributed by atoms with van der Waals surface area (Å²) in [5.74, 6) is 1.20. The van der Waals surface area contributed by atoms with Crippen LogP contribution in [0.5, 0.6) is 11.5 Å². The highest BCUT2D eigenvalue weighted by Gasteiger charge is 2.13. The maximum atomic E-state index is 13.3. The van der Waals surface area contributed by atoms with Gasteiger partial charge < -0.3 is 14.2 Å². The lowest BCUT2D eigenvalue weighted by atomic mass is 10.2. The smallest absolute Gasteiger partial charge is 0.231 e. The highest BCUT2D eigenvalue weighted by molar-refractivity contribution is 9.10. The fraction of sp³-hybridized carbons (Fsp3) is 0.200. The zero-order chi connectivity index (χ0) is 13.9. The molecule has 2 aromatic rings. The average molecular weight is 339 g/mol. The molecule has 0 unspecified atom stereocenters. The van der Waals surface area contributed by atoms with Crippen LogP contribution in [0, 0.1) is 5.82 Å².